The largest absolute Gasteiger partial charge is 0.346 e. The smallest absolute Gasteiger partial charge is 0.273 e. The van der Waals surface area contributed by atoms with Crippen LogP contribution in [0.4, 0.5) is 5.69 Å². The number of imide groups is 1. The lowest BCUT2D eigenvalue weighted by Gasteiger charge is -2.19. The lowest BCUT2D eigenvalue weighted by molar-refractivity contribution is -0.124. The summed E-state index contributed by atoms with van der Waals surface area (Å²) in [6.07, 6.45) is 2.01. The first-order valence-corrected chi connectivity index (χ1v) is 10.8. The Morgan fingerprint density at radius 1 is 0.938 bits per heavy atom. The highest BCUT2D eigenvalue weighted by atomic mass is 16.2. The Morgan fingerprint density at radius 2 is 1.66 bits per heavy atom. The van der Waals surface area contributed by atoms with Crippen LogP contribution in [0.15, 0.2) is 65.8 Å². The number of nitrogens with zero attached hydrogens (tertiary/aromatic N) is 4. The van der Waals surface area contributed by atoms with Gasteiger partial charge in [-0.25, -0.2) is 4.99 Å². The summed E-state index contributed by atoms with van der Waals surface area (Å²) in [7, 11) is 6.26. The van der Waals surface area contributed by atoms with Gasteiger partial charge in [-0.15, -0.1) is 0 Å². The topological polar surface area (TPSA) is 69.9 Å². The number of carbonyl (C=O) groups excluding carboxylic acids is 2. The van der Waals surface area contributed by atoms with Crippen molar-refractivity contribution >= 4 is 34.1 Å². The molecule has 2 amide bonds. The number of hydrogen-bond acceptors (Lipinski definition) is 5. The number of aromatic nitrogens is 1. The van der Waals surface area contributed by atoms with Crippen molar-refractivity contribution in [2.75, 3.05) is 40.8 Å². The van der Waals surface area contributed by atoms with Gasteiger partial charge in [0.2, 0.25) is 5.91 Å². The molecule has 1 fully saturated rings. The maximum atomic E-state index is 12.8. The normalized spacial score (nSPS) is 17.8. The summed E-state index contributed by atoms with van der Waals surface area (Å²) in [5.41, 5.74) is 2.76. The Balaban J connectivity index is 1.67. The Labute approximate surface area is 188 Å². The second kappa shape index (κ2) is 9.46. The summed E-state index contributed by atoms with van der Waals surface area (Å²) in [6, 6.07) is 17.3. The SMILES string of the molecule is CN(C)CCN(C)CCn1cc(C2C(=O)NC(=O)C2=Nc2ccccc2)c2ccccc21. The van der Waals surface area contributed by atoms with E-state index in [1.807, 2.05) is 54.7 Å². The highest BCUT2D eigenvalue weighted by Crippen LogP contribution is 2.32. The maximum Gasteiger partial charge on any atom is 0.273 e. The standard InChI is InChI=1S/C25H29N5O2/c1-28(2)13-14-29(3)15-16-30-17-20(19-11-7-8-12-21(19)30)22-23(25(32)27-24(22)31)26-18-9-5-4-6-10-18/h4-12,17,22H,13-16H2,1-3H3,(H,27,31,32). The van der Waals surface area contributed by atoms with Gasteiger partial charge in [0, 0.05) is 43.3 Å². The average molecular weight is 432 g/mol. The van der Waals surface area contributed by atoms with Gasteiger partial charge >= 0.3 is 0 Å². The van der Waals surface area contributed by atoms with Gasteiger partial charge in [0.25, 0.3) is 5.91 Å². The second-order valence-corrected chi connectivity index (χ2v) is 8.49. The third-order valence-corrected chi connectivity index (χ3v) is 5.79. The molecule has 0 saturated carbocycles. The number of likely N-dealkylation sites (N-methyl/N-ethyl adjacent to an activating group) is 2. The Hall–Kier alpha value is -3.29. The molecule has 32 heavy (non-hydrogen) atoms. The number of para-hydroxylation sites is 2. The zero-order valence-electron chi connectivity index (χ0n) is 18.8. The highest BCUT2D eigenvalue weighted by Gasteiger charge is 2.40. The molecule has 4 rings (SSSR count). The van der Waals surface area contributed by atoms with E-state index in [4.69, 9.17) is 0 Å². The number of benzene rings is 2. The minimum atomic E-state index is -0.722. The fourth-order valence-electron chi connectivity index (χ4n) is 4.00. The molecule has 0 spiro atoms. The second-order valence-electron chi connectivity index (χ2n) is 8.49. The van der Waals surface area contributed by atoms with Gasteiger partial charge in [0.15, 0.2) is 0 Å². The van der Waals surface area contributed by atoms with Crippen molar-refractivity contribution in [3.63, 3.8) is 0 Å². The number of amides is 2. The van der Waals surface area contributed by atoms with Crippen LogP contribution in [0.25, 0.3) is 10.9 Å². The zero-order valence-corrected chi connectivity index (χ0v) is 18.8. The fraction of sp³-hybridized carbons (Fsp3) is 0.320. The molecule has 3 aromatic rings. The van der Waals surface area contributed by atoms with Crippen molar-refractivity contribution in [3.05, 3.63) is 66.4 Å². The molecule has 1 saturated heterocycles. The van der Waals surface area contributed by atoms with Crippen molar-refractivity contribution in [2.45, 2.75) is 12.5 Å². The molecule has 7 heteroatoms. The Kier molecular flexibility index (Phi) is 6.48. The van der Waals surface area contributed by atoms with Gasteiger partial charge in [-0.05, 0) is 44.9 Å². The quantitative estimate of drug-likeness (QED) is 0.557. The van der Waals surface area contributed by atoms with Crippen LogP contribution < -0.4 is 5.32 Å². The van der Waals surface area contributed by atoms with Crippen LogP contribution in [0.3, 0.4) is 0 Å². The van der Waals surface area contributed by atoms with E-state index in [1.165, 1.54) is 0 Å². The summed E-state index contributed by atoms with van der Waals surface area (Å²) in [5.74, 6) is -1.47. The minimum Gasteiger partial charge on any atom is -0.346 e. The van der Waals surface area contributed by atoms with Crippen LogP contribution in [0.5, 0.6) is 0 Å². The Morgan fingerprint density at radius 3 is 2.41 bits per heavy atom. The van der Waals surface area contributed by atoms with E-state index in [0.29, 0.717) is 5.69 Å². The van der Waals surface area contributed by atoms with E-state index in [1.54, 1.807) is 0 Å². The van der Waals surface area contributed by atoms with Gasteiger partial charge in [0.05, 0.1) is 5.69 Å². The number of aliphatic imine (C=N–C) groups is 1. The molecule has 0 bridgehead atoms. The van der Waals surface area contributed by atoms with Crippen molar-refractivity contribution < 1.29 is 9.59 Å². The third-order valence-electron chi connectivity index (χ3n) is 5.79. The van der Waals surface area contributed by atoms with Crippen LogP contribution in [-0.2, 0) is 16.1 Å². The number of nitrogens with one attached hydrogen (secondary N) is 1. The predicted molar refractivity (Wildman–Crippen MR) is 127 cm³/mol. The zero-order chi connectivity index (χ0) is 22.7. The first-order valence-electron chi connectivity index (χ1n) is 10.8. The summed E-state index contributed by atoms with van der Waals surface area (Å²) < 4.78 is 2.17. The first kappa shape index (κ1) is 21.9. The van der Waals surface area contributed by atoms with Crippen molar-refractivity contribution in [1.82, 2.24) is 19.7 Å². The summed E-state index contributed by atoms with van der Waals surface area (Å²) >= 11 is 0. The van der Waals surface area contributed by atoms with Gasteiger partial charge in [0.1, 0.15) is 11.6 Å². The molecule has 7 nitrogen and oxygen atoms in total. The summed E-state index contributed by atoms with van der Waals surface area (Å²) in [6.45, 7) is 3.65. The monoisotopic (exact) mass is 431 g/mol. The van der Waals surface area contributed by atoms with Gasteiger partial charge in [-0.2, -0.15) is 0 Å². The van der Waals surface area contributed by atoms with Gasteiger partial charge < -0.3 is 14.4 Å². The van der Waals surface area contributed by atoms with Crippen LogP contribution in [0.1, 0.15) is 11.5 Å². The average Bonchev–Trinajstić information content (AvgIpc) is 3.27. The number of carbonyl (C=O) groups is 2. The summed E-state index contributed by atoms with van der Waals surface area (Å²) in [4.78, 5) is 34.4. The molecule has 1 aliphatic heterocycles. The van der Waals surface area contributed by atoms with Crippen molar-refractivity contribution in [2.24, 2.45) is 4.99 Å². The van der Waals surface area contributed by atoms with Gasteiger partial charge in [-0.1, -0.05) is 36.4 Å². The molecular formula is C25H29N5O2. The maximum absolute atomic E-state index is 12.8. The lowest BCUT2D eigenvalue weighted by Crippen LogP contribution is -2.30. The number of fused-ring (bicyclic) bond motifs is 1. The van der Waals surface area contributed by atoms with E-state index in [0.717, 1.165) is 42.6 Å². The van der Waals surface area contributed by atoms with E-state index in [9.17, 15) is 9.59 Å². The van der Waals surface area contributed by atoms with Crippen LogP contribution in [0.2, 0.25) is 0 Å². The van der Waals surface area contributed by atoms with Crippen LogP contribution in [-0.4, -0.2) is 72.7 Å². The third kappa shape index (κ3) is 4.64. The molecule has 0 aliphatic carbocycles. The molecule has 1 aromatic heterocycles. The van der Waals surface area contributed by atoms with E-state index >= 15 is 0 Å². The molecule has 2 heterocycles. The number of rotatable bonds is 8. The summed E-state index contributed by atoms with van der Waals surface area (Å²) in [5, 5.41) is 3.43. The molecule has 1 N–H and O–H groups in total. The molecule has 166 valence electrons. The molecule has 1 unspecified atom stereocenters. The molecule has 0 radical (unpaired) electrons. The van der Waals surface area contributed by atoms with Crippen LogP contribution in [0, 0.1) is 0 Å². The minimum absolute atomic E-state index is 0.243. The van der Waals surface area contributed by atoms with Crippen molar-refractivity contribution in [1.29, 1.82) is 0 Å². The highest BCUT2D eigenvalue weighted by molar-refractivity contribution is 6.52. The van der Waals surface area contributed by atoms with Crippen LogP contribution >= 0.6 is 0 Å². The van der Waals surface area contributed by atoms with E-state index in [-0.39, 0.29) is 11.6 Å². The molecular weight excluding hydrogens is 402 g/mol. The molecule has 2 aromatic carbocycles. The predicted octanol–water partition coefficient (Wildman–Crippen LogP) is 2.65. The van der Waals surface area contributed by atoms with Gasteiger partial charge in [-0.3, -0.25) is 14.9 Å². The fourth-order valence-corrected chi connectivity index (χ4v) is 4.00. The van der Waals surface area contributed by atoms with Crippen molar-refractivity contribution in [3.8, 4) is 0 Å². The number of hydrogen-bond donors (Lipinski definition) is 1. The first-order chi connectivity index (χ1) is 15.4. The molecule has 1 aliphatic rings. The lowest BCUT2D eigenvalue weighted by atomic mass is 9.95. The van der Waals surface area contributed by atoms with E-state index < -0.39 is 11.8 Å². The van der Waals surface area contributed by atoms with E-state index in [2.05, 4.69) is 51.9 Å². The Bertz CT molecular complexity index is 1150. The molecule has 1 atom stereocenters.